The van der Waals surface area contributed by atoms with Gasteiger partial charge in [0.15, 0.2) is 6.73 Å². The van der Waals surface area contributed by atoms with Gasteiger partial charge in [0.25, 0.3) is 0 Å². The lowest BCUT2D eigenvalue weighted by Crippen LogP contribution is -3.10. The van der Waals surface area contributed by atoms with Gasteiger partial charge in [-0.25, -0.2) is 0 Å². The predicted octanol–water partition coefficient (Wildman–Crippen LogP) is 2.50. The summed E-state index contributed by atoms with van der Waals surface area (Å²) >= 11 is 0. The second-order valence-corrected chi connectivity index (χ2v) is 6.16. The molecule has 4 nitrogen and oxygen atoms in total. The van der Waals surface area contributed by atoms with Crippen LogP contribution in [0.4, 0.5) is 0 Å². The molecular weight excluding hydrogens is 290 g/mol. The number of hydroxylamine groups is 2. The van der Waals surface area contributed by atoms with Crippen LogP contribution >= 0.6 is 0 Å². The van der Waals surface area contributed by atoms with E-state index in [4.69, 9.17) is 9.47 Å². The van der Waals surface area contributed by atoms with Gasteiger partial charge in [0, 0.05) is 6.42 Å². The number of para-hydroxylation sites is 1. The third kappa shape index (κ3) is 3.72. The maximum atomic E-state index is 12.0. The van der Waals surface area contributed by atoms with Crippen LogP contribution in [0.25, 0.3) is 0 Å². The van der Waals surface area contributed by atoms with Crippen molar-refractivity contribution in [3.05, 3.63) is 71.4 Å². The van der Waals surface area contributed by atoms with Crippen molar-refractivity contribution in [2.24, 2.45) is 0 Å². The fourth-order valence-corrected chi connectivity index (χ4v) is 2.92. The number of hydrogen-bond donors (Lipinski definition) is 1. The van der Waals surface area contributed by atoms with Crippen molar-refractivity contribution < 1.29 is 14.5 Å². The maximum Gasteiger partial charge on any atom is 0.182 e. The lowest BCUT2D eigenvalue weighted by atomic mass is 9.88. The molecule has 23 heavy (non-hydrogen) atoms. The first-order valence-electron chi connectivity index (χ1n) is 8.10. The van der Waals surface area contributed by atoms with E-state index < -0.39 is 5.60 Å². The van der Waals surface area contributed by atoms with Crippen molar-refractivity contribution in [2.45, 2.75) is 31.4 Å². The van der Waals surface area contributed by atoms with Crippen molar-refractivity contribution in [2.75, 3.05) is 13.3 Å². The number of quaternary nitrogens is 1. The Labute approximate surface area is 137 Å². The minimum absolute atomic E-state index is 0.0392. The summed E-state index contributed by atoms with van der Waals surface area (Å²) in [5, 5.41) is 12.2. The topological polar surface area (TPSA) is 46.0 Å². The van der Waals surface area contributed by atoms with Crippen LogP contribution in [0.3, 0.4) is 0 Å². The van der Waals surface area contributed by atoms with E-state index in [0.29, 0.717) is 6.61 Å². The molecule has 1 heterocycles. The Morgan fingerprint density at radius 1 is 1.13 bits per heavy atom. The molecule has 0 aliphatic carbocycles. The predicted molar refractivity (Wildman–Crippen MR) is 89.0 cm³/mol. The molecule has 0 spiro atoms. The van der Waals surface area contributed by atoms with E-state index in [9.17, 15) is 5.21 Å². The number of rotatable bonds is 4. The largest absolute Gasteiger partial charge is 0.632 e. The second kappa shape index (κ2) is 7.13. The summed E-state index contributed by atoms with van der Waals surface area (Å²) in [4.78, 5) is 0. The fraction of sp³-hybridized carbons (Fsp3) is 0.368. The number of benzene rings is 2. The summed E-state index contributed by atoms with van der Waals surface area (Å²) < 4.78 is 12.1. The Bertz CT molecular complexity index is 591. The fourth-order valence-electron chi connectivity index (χ4n) is 2.92. The lowest BCUT2D eigenvalue weighted by molar-refractivity contribution is -0.893. The minimum Gasteiger partial charge on any atom is -0.632 e. The van der Waals surface area contributed by atoms with Crippen LogP contribution in [-0.4, -0.2) is 19.4 Å². The Morgan fingerprint density at radius 3 is 2.48 bits per heavy atom. The summed E-state index contributed by atoms with van der Waals surface area (Å²) in [6.07, 6.45) is 1.59. The van der Waals surface area contributed by atoms with Crippen LogP contribution in [0.5, 0.6) is 5.75 Å². The molecule has 2 aromatic rings. The van der Waals surface area contributed by atoms with Gasteiger partial charge in [0.1, 0.15) is 18.0 Å². The molecule has 122 valence electrons. The van der Waals surface area contributed by atoms with Crippen molar-refractivity contribution >= 4 is 0 Å². The first-order chi connectivity index (χ1) is 11.2. The molecule has 4 heteroatoms. The number of ether oxygens (including phenoxy) is 2. The average Bonchev–Trinajstić information content (AvgIpc) is 2.76. The minimum atomic E-state index is -0.572. The van der Waals surface area contributed by atoms with Crippen LogP contribution in [0.2, 0.25) is 0 Å². The third-order valence-corrected chi connectivity index (χ3v) is 4.54. The summed E-state index contributed by atoms with van der Waals surface area (Å²) in [6, 6.07) is 19.8. The highest BCUT2D eigenvalue weighted by Crippen LogP contribution is 2.33. The first-order valence-corrected chi connectivity index (χ1v) is 8.10. The van der Waals surface area contributed by atoms with E-state index in [1.165, 1.54) is 0 Å². The quantitative estimate of drug-likeness (QED) is 0.882. The molecule has 0 bridgehead atoms. The van der Waals surface area contributed by atoms with Crippen LogP contribution in [0, 0.1) is 5.21 Å². The lowest BCUT2D eigenvalue weighted by Gasteiger charge is -2.32. The van der Waals surface area contributed by atoms with E-state index in [1.54, 1.807) is 0 Å². The summed E-state index contributed by atoms with van der Waals surface area (Å²) in [7, 11) is 0. The van der Waals surface area contributed by atoms with E-state index in [2.05, 4.69) is 12.1 Å². The molecule has 1 aliphatic heterocycles. The highest BCUT2D eigenvalue weighted by atomic mass is 16.6. The van der Waals surface area contributed by atoms with E-state index in [1.807, 2.05) is 55.5 Å². The second-order valence-electron chi connectivity index (χ2n) is 6.16. The van der Waals surface area contributed by atoms with E-state index >= 15 is 0 Å². The van der Waals surface area contributed by atoms with E-state index in [-0.39, 0.29) is 17.8 Å². The highest BCUT2D eigenvalue weighted by Gasteiger charge is 2.38. The van der Waals surface area contributed by atoms with Gasteiger partial charge >= 0.3 is 0 Å². The Kier molecular flexibility index (Phi) is 4.96. The molecular formula is C19H23NO3. The van der Waals surface area contributed by atoms with Gasteiger partial charge < -0.3 is 19.7 Å². The van der Waals surface area contributed by atoms with Crippen LogP contribution < -0.4 is 9.80 Å². The molecule has 0 amide bonds. The molecule has 1 saturated heterocycles. The molecule has 1 aliphatic rings. The van der Waals surface area contributed by atoms with Gasteiger partial charge in [-0.2, -0.15) is 0 Å². The SMILES string of the molecule is CC1CCC(COc2ccccc2)(c2ccccc2)OC[NH+]1[O-]. The molecule has 3 rings (SSSR count). The van der Waals surface area contributed by atoms with Crippen molar-refractivity contribution in [1.29, 1.82) is 0 Å². The van der Waals surface area contributed by atoms with Gasteiger partial charge in [-0.15, -0.1) is 0 Å². The zero-order chi connectivity index (χ0) is 16.1. The maximum absolute atomic E-state index is 12.0. The molecule has 1 N–H and O–H groups in total. The average molecular weight is 313 g/mol. The van der Waals surface area contributed by atoms with Crippen molar-refractivity contribution in [3.63, 3.8) is 0 Å². The van der Waals surface area contributed by atoms with Gasteiger partial charge in [0.2, 0.25) is 0 Å². The highest BCUT2D eigenvalue weighted by molar-refractivity contribution is 5.25. The number of nitrogens with one attached hydrogen (secondary N) is 1. The molecule has 2 aromatic carbocycles. The number of hydrogen-bond acceptors (Lipinski definition) is 3. The zero-order valence-corrected chi connectivity index (χ0v) is 13.4. The van der Waals surface area contributed by atoms with Gasteiger partial charge in [-0.05, 0) is 31.0 Å². The smallest absolute Gasteiger partial charge is 0.182 e. The summed E-state index contributed by atoms with van der Waals surface area (Å²) in [5.74, 6) is 0.815. The molecule has 3 atom stereocenters. The van der Waals surface area contributed by atoms with Crippen LogP contribution in [-0.2, 0) is 10.3 Å². The molecule has 0 saturated carbocycles. The van der Waals surface area contributed by atoms with Gasteiger partial charge in [0.05, 0.1) is 6.04 Å². The van der Waals surface area contributed by atoms with Gasteiger partial charge in [-0.1, -0.05) is 48.5 Å². The Hall–Kier alpha value is -1.88. The Morgan fingerprint density at radius 2 is 1.78 bits per heavy atom. The van der Waals surface area contributed by atoms with E-state index in [0.717, 1.165) is 24.2 Å². The zero-order valence-electron chi connectivity index (χ0n) is 13.4. The summed E-state index contributed by atoms with van der Waals surface area (Å²) in [5.41, 5.74) is 0.496. The van der Waals surface area contributed by atoms with Gasteiger partial charge in [-0.3, -0.25) is 0 Å². The molecule has 0 aromatic heterocycles. The molecule has 1 fully saturated rings. The van der Waals surface area contributed by atoms with Crippen LogP contribution in [0.15, 0.2) is 60.7 Å². The third-order valence-electron chi connectivity index (χ3n) is 4.54. The molecule has 3 unspecified atom stereocenters. The van der Waals surface area contributed by atoms with Crippen molar-refractivity contribution in [3.8, 4) is 5.75 Å². The standard InChI is InChI=1S/C19H23NO3/c1-16-12-13-19(23-15-20(16)21,17-8-4-2-5-9-17)14-22-18-10-6-3-7-11-18/h2-11,16,20H,12-15H2,1H3. The van der Waals surface area contributed by atoms with Crippen LogP contribution in [0.1, 0.15) is 25.3 Å². The normalized spacial score (nSPS) is 28.1. The monoisotopic (exact) mass is 313 g/mol. The Balaban J connectivity index is 1.84. The van der Waals surface area contributed by atoms with Crippen molar-refractivity contribution in [1.82, 2.24) is 0 Å². The molecule has 0 radical (unpaired) electrons. The first kappa shape index (κ1) is 16.0. The summed E-state index contributed by atoms with van der Waals surface area (Å²) in [6.45, 7) is 2.53.